The number of nitrogens with one attached hydrogen (secondary N) is 1. The second-order valence-corrected chi connectivity index (χ2v) is 10.4. The monoisotopic (exact) mass is 497 g/mol. The Bertz CT molecular complexity index is 1330. The summed E-state index contributed by atoms with van der Waals surface area (Å²) >= 11 is 0. The van der Waals surface area contributed by atoms with Crippen LogP contribution in [0.3, 0.4) is 0 Å². The summed E-state index contributed by atoms with van der Waals surface area (Å²) in [5.41, 5.74) is 2.64. The van der Waals surface area contributed by atoms with E-state index < -0.39 is 5.41 Å². The summed E-state index contributed by atoms with van der Waals surface area (Å²) in [6.45, 7) is 3.79. The lowest BCUT2D eigenvalue weighted by Crippen LogP contribution is -2.43. The maximum Gasteiger partial charge on any atom is 0.232 e. The molecule has 3 heterocycles. The van der Waals surface area contributed by atoms with E-state index in [4.69, 9.17) is 4.74 Å². The molecule has 1 aromatic heterocycles. The summed E-state index contributed by atoms with van der Waals surface area (Å²) in [7, 11) is 3.91. The lowest BCUT2D eigenvalue weighted by atomic mass is 9.73. The summed E-state index contributed by atoms with van der Waals surface area (Å²) in [4.78, 5) is 19.7. The van der Waals surface area contributed by atoms with Gasteiger partial charge in [0.15, 0.2) is 0 Å². The third-order valence-corrected chi connectivity index (χ3v) is 8.33. The molecular formula is C30H35N5O2. The highest BCUT2D eigenvalue weighted by atomic mass is 16.5. The minimum Gasteiger partial charge on any atom is -0.456 e. The fraction of sp³-hybridized carbons (Fsp3) is 0.433. The molecule has 3 aromatic rings. The highest BCUT2D eigenvalue weighted by molar-refractivity contribution is 5.88. The van der Waals surface area contributed by atoms with Gasteiger partial charge in [-0.05, 0) is 74.0 Å². The first-order valence-corrected chi connectivity index (χ1v) is 13.2. The van der Waals surface area contributed by atoms with Gasteiger partial charge in [0.1, 0.15) is 17.6 Å². The van der Waals surface area contributed by atoms with Crippen molar-refractivity contribution in [3.63, 3.8) is 0 Å². The number of carbonyl (C=O) groups excluding carboxylic acids is 1. The van der Waals surface area contributed by atoms with E-state index >= 15 is 0 Å². The second kappa shape index (κ2) is 10.0. The number of hydrogen-bond acceptors (Lipinski definition) is 5. The largest absolute Gasteiger partial charge is 0.456 e. The van der Waals surface area contributed by atoms with Crippen LogP contribution < -0.4 is 10.1 Å². The Morgan fingerprint density at radius 2 is 1.97 bits per heavy atom. The van der Waals surface area contributed by atoms with Crippen LogP contribution in [-0.4, -0.2) is 40.5 Å². The van der Waals surface area contributed by atoms with Gasteiger partial charge in [0.25, 0.3) is 0 Å². The summed E-state index contributed by atoms with van der Waals surface area (Å²) in [6.07, 6.45) is 9.30. The van der Waals surface area contributed by atoms with Crippen LogP contribution >= 0.6 is 0 Å². The number of ether oxygens (including phenoxy) is 1. The standard InChI is InChI=1S/C30H35N5O2/c1-4-29(13-5-6-16-34(2)28(29)36)23-9-7-10-25(17-23)37-26-18-24(12-11-22(26)19-31)30(14-8-15-33-30)27-20-32-21-35(27)3/h7,9-12,17-18,20-21,33H,4-6,8,13-16H2,1-3H3. The van der Waals surface area contributed by atoms with Gasteiger partial charge in [-0.3, -0.25) is 4.79 Å². The number of rotatable bonds is 6. The van der Waals surface area contributed by atoms with Crippen LogP contribution in [0.5, 0.6) is 11.5 Å². The summed E-state index contributed by atoms with van der Waals surface area (Å²) < 4.78 is 8.46. The SMILES string of the molecule is CCC1(c2cccc(Oc3cc(C4(c5cncn5C)CCCN4)ccc3C#N)c2)CCCCN(C)C1=O. The van der Waals surface area contributed by atoms with Crippen LogP contribution in [0.15, 0.2) is 55.0 Å². The molecule has 2 atom stereocenters. The number of aromatic nitrogens is 2. The topological polar surface area (TPSA) is 83.2 Å². The molecule has 0 aliphatic carbocycles. The van der Waals surface area contributed by atoms with Crippen molar-refractivity contribution in [3.8, 4) is 17.6 Å². The number of imidazole rings is 1. The number of aryl methyl sites for hydroxylation is 1. The number of likely N-dealkylation sites (tertiary alicyclic amines) is 1. The fourth-order valence-corrected chi connectivity index (χ4v) is 6.22. The van der Waals surface area contributed by atoms with Crippen molar-refractivity contribution < 1.29 is 9.53 Å². The quantitative estimate of drug-likeness (QED) is 0.518. The van der Waals surface area contributed by atoms with Crippen LogP contribution in [0.2, 0.25) is 0 Å². The normalized spacial score (nSPS) is 24.1. The van der Waals surface area contributed by atoms with Crippen molar-refractivity contribution in [2.45, 2.75) is 56.4 Å². The molecule has 0 saturated carbocycles. The number of likely N-dealkylation sites (N-methyl/N-ethyl adjacent to an activating group) is 1. The van der Waals surface area contributed by atoms with Crippen molar-refractivity contribution in [1.29, 1.82) is 5.26 Å². The van der Waals surface area contributed by atoms with E-state index in [0.29, 0.717) is 17.1 Å². The van der Waals surface area contributed by atoms with E-state index in [2.05, 4.69) is 23.3 Å². The van der Waals surface area contributed by atoms with E-state index in [0.717, 1.165) is 68.4 Å². The van der Waals surface area contributed by atoms with E-state index in [1.165, 1.54) is 0 Å². The van der Waals surface area contributed by atoms with Crippen molar-refractivity contribution >= 4 is 5.91 Å². The molecule has 37 heavy (non-hydrogen) atoms. The van der Waals surface area contributed by atoms with Crippen molar-refractivity contribution in [1.82, 2.24) is 19.8 Å². The maximum atomic E-state index is 13.5. The Morgan fingerprint density at radius 1 is 1.11 bits per heavy atom. The summed E-state index contributed by atoms with van der Waals surface area (Å²) in [5.74, 6) is 1.32. The lowest BCUT2D eigenvalue weighted by molar-refractivity contribution is -0.135. The average Bonchev–Trinajstić information content (AvgIpc) is 3.55. The molecule has 2 unspecified atom stereocenters. The van der Waals surface area contributed by atoms with E-state index in [1.807, 2.05) is 78.6 Å². The van der Waals surface area contributed by atoms with Crippen LogP contribution in [0, 0.1) is 11.3 Å². The minimum atomic E-state index is -0.554. The van der Waals surface area contributed by atoms with Gasteiger partial charge in [-0.1, -0.05) is 31.5 Å². The van der Waals surface area contributed by atoms with Gasteiger partial charge in [-0.2, -0.15) is 5.26 Å². The molecule has 2 saturated heterocycles. The van der Waals surface area contributed by atoms with Gasteiger partial charge in [0, 0.05) is 20.6 Å². The highest BCUT2D eigenvalue weighted by Gasteiger charge is 2.42. The predicted molar refractivity (Wildman–Crippen MR) is 142 cm³/mol. The van der Waals surface area contributed by atoms with E-state index in [1.54, 1.807) is 0 Å². The molecule has 5 rings (SSSR count). The molecule has 1 N–H and O–H groups in total. The molecule has 0 spiro atoms. The molecule has 2 aromatic carbocycles. The van der Waals surface area contributed by atoms with Gasteiger partial charge in [0.05, 0.1) is 34.7 Å². The number of carbonyl (C=O) groups is 1. The molecule has 0 radical (unpaired) electrons. The molecular weight excluding hydrogens is 462 g/mol. The number of benzene rings is 2. The molecule has 7 nitrogen and oxygen atoms in total. The molecule has 192 valence electrons. The number of amides is 1. The molecule has 1 amide bonds. The smallest absolute Gasteiger partial charge is 0.232 e. The lowest BCUT2D eigenvalue weighted by Gasteiger charge is -2.33. The Kier molecular flexibility index (Phi) is 6.78. The van der Waals surface area contributed by atoms with Crippen LogP contribution in [0.4, 0.5) is 0 Å². The van der Waals surface area contributed by atoms with Gasteiger partial charge in [-0.15, -0.1) is 0 Å². The predicted octanol–water partition coefficient (Wildman–Crippen LogP) is 5.00. The summed E-state index contributed by atoms with van der Waals surface area (Å²) in [6, 6.07) is 16.0. The number of nitrogens with zero attached hydrogens (tertiary/aromatic N) is 4. The Labute approximate surface area is 219 Å². The third-order valence-electron chi connectivity index (χ3n) is 8.33. The van der Waals surface area contributed by atoms with Crippen LogP contribution in [0.1, 0.15) is 67.8 Å². The molecule has 7 heteroatoms. The van der Waals surface area contributed by atoms with E-state index in [9.17, 15) is 10.1 Å². The maximum absolute atomic E-state index is 13.5. The zero-order valence-corrected chi connectivity index (χ0v) is 22.0. The molecule has 2 aliphatic heterocycles. The zero-order valence-electron chi connectivity index (χ0n) is 22.0. The molecule has 0 bridgehead atoms. The first-order valence-electron chi connectivity index (χ1n) is 13.2. The zero-order chi connectivity index (χ0) is 26.0. The van der Waals surface area contributed by atoms with Gasteiger partial charge >= 0.3 is 0 Å². The molecule has 2 aliphatic rings. The minimum absolute atomic E-state index is 0.176. The third kappa shape index (κ3) is 4.30. The van der Waals surface area contributed by atoms with Crippen LogP contribution in [-0.2, 0) is 22.8 Å². The van der Waals surface area contributed by atoms with Gasteiger partial charge in [-0.25, -0.2) is 4.98 Å². The number of nitriles is 1. The van der Waals surface area contributed by atoms with Crippen molar-refractivity contribution in [2.75, 3.05) is 20.1 Å². The first kappa shape index (κ1) is 25.0. The summed E-state index contributed by atoms with van der Waals surface area (Å²) in [5, 5.41) is 13.6. The van der Waals surface area contributed by atoms with Gasteiger partial charge in [0.2, 0.25) is 5.91 Å². The first-order chi connectivity index (χ1) is 17.9. The second-order valence-electron chi connectivity index (χ2n) is 10.4. The fourth-order valence-electron chi connectivity index (χ4n) is 6.22. The highest BCUT2D eigenvalue weighted by Crippen LogP contribution is 2.42. The van der Waals surface area contributed by atoms with Crippen molar-refractivity contribution in [3.05, 3.63) is 77.4 Å². The number of hydrogen-bond donors (Lipinski definition) is 1. The van der Waals surface area contributed by atoms with Gasteiger partial charge < -0.3 is 19.5 Å². The van der Waals surface area contributed by atoms with Crippen LogP contribution in [0.25, 0.3) is 0 Å². The Morgan fingerprint density at radius 3 is 2.68 bits per heavy atom. The Hall–Kier alpha value is -3.63. The van der Waals surface area contributed by atoms with E-state index in [-0.39, 0.29) is 11.4 Å². The average molecular weight is 498 g/mol. The van der Waals surface area contributed by atoms with Crippen molar-refractivity contribution in [2.24, 2.45) is 7.05 Å². The Balaban J connectivity index is 1.53. The molecule has 2 fully saturated rings.